The molecule has 1 heterocycles. The molecule has 0 aliphatic heterocycles. The summed E-state index contributed by atoms with van der Waals surface area (Å²) in [6, 6.07) is 5.72. The zero-order valence-electron chi connectivity index (χ0n) is 9.43. The van der Waals surface area contributed by atoms with Gasteiger partial charge in [0.25, 0.3) is 0 Å². The van der Waals surface area contributed by atoms with E-state index in [-0.39, 0.29) is 0 Å². The molecule has 2 aromatic rings. The Hall–Kier alpha value is -1.75. The van der Waals surface area contributed by atoms with Gasteiger partial charge in [-0.3, -0.25) is 0 Å². The van der Waals surface area contributed by atoms with Crippen molar-refractivity contribution in [1.82, 2.24) is 9.55 Å². The fraction of sp³-hybridized carbons (Fsp3) is 0.364. The van der Waals surface area contributed by atoms with Crippen LogP contribution in [0.5, 0.6) is 5.75 Å². The molecule has 0 fully saturated rings. The number of imidazole rings is 1. The van der Waals surface area contributed by atoms with Crippen molar-refractivity contribution < 1.29 is 9.47 Å². The smallest absolute Gasteiger partial charge is 0.201 e. The largest absolute Gasteiger partial charge is 0.497 e. The van der Waals surface area contributed by atoms with Gasteiger partial charge in [-0.2, -0.15) is 0 Å². The lowest BCUT2D eigenvalue weighted by molar-refractivity contribution is 0.189. The maximum absolute atomic E-state index is 5.84. The van der Waals surface area contributed by atoms with Gasteiger partial charge in [-0.05, 0) is 12.1 Å². The van der Waals surface area contributed by atoms with Crippen LogP contribution in [0.15, 0.2) is 18.2 Å². The highest BCUT2D eigenvalue weighted by molar-refractivity contribution is 5.79. The highest BCUT2D eigenvalue weighted by atomic mass is 16.5. The zero-order chi connectivity index (χ0) is 11.5. The summed E-state index contributed by atoms with van der Waals surface area (Å²) >= 11 is 0. The van der Waals surface area contributed by atoms with Gasteiger partial charge < -0.3 is 19.8 Å². The van der Waals surface area contributed by atoms with E-state index in [0.29, 0.717) is 19.1 Å². The van der Waals surface area contributed by atoms with Crippen LogP contribution < -0.4 is 10.5 Å². The van der Waals surface area contributed by atoms with Crippen molar-refractivity contribution in [1.29, 1.82) is 0 Å². The lowest BCUT2D eigenvalue weighted by Gasteiger charge is -2.05. The number of ether oxygens (including phenoxy) is 2. The predicted molar refractivity (Wildman–Crippen MR) is 62.6 cm³/mol. The molecule has 0 spiro atoms. The Kier molecular flexibility index (Phi) is 2.96. The summed E-state index contributed by atoms with van der Waals surface area (Å²) in [6.07, 6.45) is 0. The van der Waals surface area contributed by atoms with E-state index in [1.54, 1.807) is 14.2 Å². The number of nitrogens with zero attached hydrogens (tertiary/aromatic N) is 2. The molecule has 0 amide bonds. The minimum Gasteiger partial charge on any atom is -0.497 e. The number of nitrogen functional groups attached to an aromatic ring is 1. The summed E-state index contributed by atoms with van der Waals surface area (Å²) in [6.45, 7) is 1.31. The minimum atomic E-state index is 0.500. The molecule has 0 radical (unpaired) electrons. The van der Waals surface area contributed by atoms with E-state index in [2.05, 4.69) is 4.98 Å². The van der Waals surface area contributed by atoms with Gasteiger partial charge in [0.2, 0.25) is 5.95 Å². The first kappa shape index (κ1) is 10.8. The van der Waals surface area contributed by atoms with Gasteiger partial charge in [0.15, 0.2) is 0 Å². The quantitative estimate of drug-likeness (QED) is 0.844. The molecule has 0 saturated carbocycles. The molecule has 0 unspecified atom stereocenters. The molecule has 16 heavy (non-hydrogen) atoms. The second-order valence-electron chi connectivity index (χ2n) is 3.47. The summed E-state index contributed by atoms with van der Waals surface area (Å²) in [4.78, 5) is 4.28. The molecule has 0 saturated heterocycles. The monoisotopic (exact) mass is 221 g/mol. The Morgan fingerprint density at radius 2 is 2.19 bits per heavy atom. The third kappa shape index (κ3) is 1.81. The average molecular weight is 221 g/mol. The lowest BCUT2D eigenvalue weighted by atomic mass is 10.3. The van der Waals surface area contributed by atoms with E-state index >= 15 is 0 Å². The second kappa shape index (κ2) is 4.40. The molecular formula is C11H15N3O2. The molecule has 0 atom stereocenters. The molecule has 0 aliphatic carbocycles. The van der Waals surface area contributed by atoms with Crippen LogP contribution in [0, 0.1) is 0 Å². The molecule has 86 valence electrons. The van der Waals surface area contributed by atoms with Crippen molar-refractivity contribution in [3.05, 3.63) is 18.2 Å². The molecule has 1 aromatic heterocycles. The first-order chi connectivity index (χ1) is 7.76. The summed E-state index contributed by atoms with van der Waals surface area (Å²) in [5, 5.41) is 0. The van der Waals surface area contributed by atoms with Crippen LogP contribution >= 0.6 is 0 Å². The standard InChI is InChI=1S/C11H15N3O2/c1-15-6-5-14-10-4-3-8(16-2)7-9(10)13-11(14)12/h3-4,7H,5-6H2,1-2H3,(H2,12,13). The number of nitrogens with two attached hydrogens (primary N) is 1. The van der Waals surface area contributed by atoms with Crippen molar-refractivity contribution in [2.24, 2.45) is 0 Å². The first-order valence-corrected chi connectivity index (χ1v) is 5.05. The molecule has 2 rings (SSSR count). The predicted octanol–water partition coefficient (Wildman–Crippen LogP) is 1.27. The van der Waals surface area contributed by atoms with Crippen molar-refractivity contribution in [3.8, 4) is 5.75 Å². The highest BCUT2D eigenvalue weighted by Crippen LogP contribution is 2.22. The van der Waals surface area contributed by atoms with Gasteiger partial charge in [0.1, 0.15) is 5.75 Å². The second-order valence-corrected chi connectivity index (χ2v) is 3.47. The molecule has 5 heteroatoms. The maximum Gasteiger partial charge on any atom is 0.201 e. The topological polar surface area (TPSA) is 62.3 Å². The normalized spacial score (nSPS) is 10.9. The molecular weight excluding hydrogens is 206 g/mol. The summed E-state index contributed by atoms with van der Waals surface area (Å²) in [5.74, 6) is 1.28. The number of anilines is 1. The molecule has 0 bridgehead atoms. The zero-order valence-corrected chi connectivity index (χ0v) is 9.43. The number of methoxy groups -OCH3 is 2. The highest BCUT2D eigenvalue weighted by Gasteiger charge is 2.08. The van der Waals surface area contributed by atoms with E-state index < -0.39 is 0 Å². The van der Waals surface area contributed by atoms with Gasteiger partial charge in [0, 0.05) is 19.7 Å². The van der Waals surface area contributed by atoms with Crippen LogP contribution in [-0.2, 0) is 11.3 Å². The van der Waals surface area contributed by atoms with Gasteiger partial charge >= 0.3 is 0 Å². The van der Waals surface area contributed by atoms with Crippen molar-refractivity contribution in [2.75, 3.05) is 26.6 Å². The van der Waals surface area contributed by atoms with Gasteiger partial charge in [-0.1, -0.05) is 0 Å². The Balaban J connectivity index is 2.45. The van der Waals surface area contributed by atoms with Crippen LogP contribution in [-0.4, -0.2) is 30.4 Å². The van der Waals surface area contributed by atoms with Gasteiger partial charge in [-0.25, -0.2) is 4.98 Å². The fourth-order valence-corrected chi connectivity index (χ4v) is 1.67. The summed E-state index contributed by atoms with van der Waals surface area (Å²) in [7, 11) is 3.30. The SMILES string of the molecule is COCCn1c(N)nc2cc(OC)ccc21. The van der Waals surface area contributed by atoms with E-state index in [9.17, 15) is 0 Å². The third-order valence-electron chi connectivity index (χ3n) is 2.50. The number of hydrogen-bond donors (Lipinski definition) is 1. The Morgan fingerprint density at radius 1 is 1.38 bits per heavy atom. The molecule has 0 aliphatic rings. The fourth-order valence-electron chi connectivity index (χ4n) is 1.67. The lowest BCUT2D eigenvalue weighted by Crippen LogP contribution is -2.07. The van der Waals surface area contributed by atoms with E-state index in [4.69, 9.17) is 15.2 Å². The molecule has 5 nitrogen and oxygen atoms in total. The van der Waals surface area contributed by atoms with Crippen LogP contribution in [0.2, 0.25) is 0 Å². The number of benzene rings is 1. The van der Waals surface area contributed by atoms with Crippen LogP contribution in [0.25, 0.3) is 11.0 Å². The number of fused-ring (bicyclic) bond motifs is 1. The van der Waals surface area contributed by atoms with E-state index in [1.807, 2.05) is 22.8 Å². The van der Waals surface area contributed by atoms with Crippen LogP contribution in [0.4, 0.5) is 5.95 Å². The Bertz CT molecular complexity index is 493. The van der Waals surface area contributed by atoms with E-state index in [1.165, 1.54) is 0 Å². The number of hydrogen-bond acceptors (Lipinski definition) is 4. The van der Waals surface area contributed by atoms with Crippen molar-refractivity contribution in [2.45, 2.75) is 6.54 Å². The minimum absolute atomic E-state index is 0.500. The summed E-state index contributed by atoms with van der Waals surface area (Å²) in [5.41, 5.74) is 7.68. The molecule has 2 N–H and O–H groups in total. The Labute approximate surface area is 93.8 Å². The Morgan fingerprint density at radius 3 is 2.88 bits per heavy atom. The van der Waals surface area contributed by atoms with Crippen molar-refractivity contribution in [3.63, 3.8) is 0 Å². The number of aromatic nitrogens is 2. The maximum atomic E-state index is 5.84. The van der Waals surface area contributed by atoms with Crippen molar-refractivity contribution >= 4 is 17.0 Å². The molecule has 1 aromatic carbocycles. The number of rotatable bonds is 4. The first-order valence-electron chi connectivity index (χ1n) is 5.05. The van der Waals surface area contributed by atoms with Crippen LogP contribution in [0.3, 0.4) is 0 Å². The van der Waals surface area contributed by atoms with Gasteiger partial charge in [-0.15, -0.1) is 0 Å². The van der Waals surface area contributed by atoms with Crippen LogP contribution in [0.1, 0.15) is 0 Å². The van der Waals surface area contributed by atoms with E-state index in [0.717, 1.165) is 16.8 Å². The third-order valence-corrected chi connectivity index (χ3v) is 2.50. The van der Waals surface area contributed by atoms with Gasteiger partial charge in [0.05, 0.1) is 24.8 Å². The summed E-state index contributed by atoms with van der Waals surface area (Å²) < 4.78 is 12.1. The average Bonchev–Trinajstić information content (AvgIpc) is 2.61.